The first kappa shape index (κ1) is 15.5. The van der Waals surface area contributed by atoms with Crippen LogP contribution in [0.15, 0.2) is 35.0 Å². The predicted octanol–water partition coefficient (Wildman–Crippen LogP) is 4.40. The minimum Gasteiger partial charge on any atom is -0.338 e. The van der Waals surface area contributed by atoms with Crippen LogP contribution < -0.4 is 10.6 Å². The lowest BCUT2D eigenvalue weighted by Crippen LogP contribution is -2.11. The first-order chi connectivity index (χ1) is 11.0. The van der Waals surface area contributed by atoms with Crippen LogP contribution in [0.5, 0.6) is 0 Å². The Hall–Kier alpha value is -2.38. The lowest BCUT2D eigenvalue weighted by Gasteiger charge is -2.08. The largest absolute Gasteiger partial charge is 0.338 e. The molecule has 1 aromatic carbocycles. The normalized spacial score (nSPS) is 10.6. The summed E-state index contributed by atoms with van der Waals surface area (Å²) in [6.45, 7) is 3.70. The van der Waals surface area contributed by atoms with Crippen molar-refractivity contribution in [2.24, 2.45) is 0 Å². The number of anilines is 3. The molecule has 0 fully saturated rings. The van der Waals surface area contributed by atoms with Crippen molar-refractivity contribution in [3.8, 4) is 0 Å². The van der Waals surface area contributed by atoms with E-state index in [-0.39, 0.29) is 5.91 Å². The average molecular weight is 349 g/mol. The number of hydrogen-bond donors (Lipinski definition) is 2. The molecule has 0 saturated heterocycles. The van der Waals surface area contributed by atoms with Crippen LogP contribution in [0.3, 0.4) is 0 Å². The molecule has 2 N–H and O–H groups in total. The van der Waals surface area contributed by atoms with Gasteiger partial charge < -0.3 is 9.84 Å². The molecule has 2 aromatic heterocycles. The average Bonchev–Trinajstić information content (AvgIpc) is 3.13. The van der Waals surface area contributed by atoms with E-state index in [1.807, 2.05) is 26.0 Å². The Labute approximate surface area is 141 Å². The van der Waals surface area contributed by atoms with Gasteiger partial charge in [0.2, 0.25) is 5.88 Å². The highest BCUT2D eigenvalue weighted by molar-refractivity contribution is 7.17. The van der Waals surface area contributed by atoms with Crippen molar-refractivity contribution in [1.29, 1.82) is 0 Å². The number of aromatic nitrogens is 2. The van der Waals surface area contributed by atoms with Gasteiger partial charge in [0.25, 0.3) is 5.91 Å². The Morgan fingerprint density at radius 3 is 2.87 bits per heavy atom. The molecule has 118 valence electrons. The Morgan fingerprint density at radius 1 is 1.35 bits per heavy atom. The van der Waals surface area contributed by atoms with Crippen molar-refractivity contribution in [1.82, 2.24) is 10.1 Å². The molecule has 0 aliphatic carbocycles. The second kappa shape index (κ2) is 6.39. The van der Waals surface area contributed by atoms with E-state index in [2.05, 4.69) is 20.8 Å². The van der Waals surface area contributed by atoms with Gasteiger partial charge in [0.15, 0.2) is 5.13 Å². The van der Waals surface area contributed by atoms with Gasteiger partial charge in [-0.3, -0.25) is 10.1 Å². The van der Waals surface area contributed by atoms with Gasteiger partial charge in [0, 0.05) is 6.07 Å². The summed E-state index contributed by atoms with van der Waals surface area (Å²) in [4.78, 5) is 16.9. The smallest absolute Gasteiger partial charge is 0.267 e. The lowest BCUT2D eigenvalue weighted by molar-refractivity contribution is 0.103. The minimum atomic E-state index is -0.263. The van der Waals surface area contributed by atoms with Crippen molar-refractivity contribution in [2.45, 2.75) is 13.8 Å². The summed E-state index contributed by atoms with van der Waals surface area (Å²) < 4.78 is 5.05. The zero-order chi connectivity index (χ0) is 16.4. The molecule has 3 aromatic rings. The van der Waals surface area contributed by atoms with Crippen LogP contribution in [0.4, 0.5) is 16.7 Å². The molecule has 0 radical (unpaired) electrons. The fourth-order valence-electron chi connectivity index (χ4n) is 1.93. The van der Waals surface area contributed by atoms with Crippen LogP contribution in [-0.2, 0) is 0 Å². The second-order valence-corrected chi connectivity index (χ2v) is 6.31. The van der Waals surface area contributed by atoms with Crippen LogP contribution >= 0.6 is 22.9 Å². The molecule has 0 bridgehead atoms. The van der Waals surface area contributed by atoms with E-state index in [9.17, 15) is 4.79 Å². The third-order valence-corrected chi connectivity index (χ3v) is 4.27. The molecule has 0 atom stereocenters. The molecule has 0 aliphatic heterocycles. The highest BCUT2D eigenvalue weighted by Gasteiger charge is 2.14. The van der Waals surface area contributed by atoms with Gasteiger partial charge in [-0.25, -0.2) is 4.98 Å². The molecule has 2 heterocycles. The molecule has 1 amide bonds. The maximum atomic E-state index is 12.3. The molecule has 8 heteroatoms. The summed E-state index contributed by atoms with van der Waals surface area (Å²) in [6, 6.07) is 7.19. The van der Waals surface area contributed by atoms with Crippen molar-refractivity contribution >= 4 is 45.5 Å². The maximum absolute atomic E-state index is 12.3. The fourth-order valence-corrected chi connectivity index (χ4v) is 2.91. The molecular weight excluding hydrogens is 336 g/mol. The Morgan fingerprint density at radius 2 is 2.17 bits per heavy atom. The van der Waals surface area contributed by atoms with Crippen molar-refractivity contribution < 1.29 is 9.32 Å². The molecular formula is C15H13ClN4O2S. The number of amides is 1. The number of benzene rings is 1. The maximum Gasteiger partial charge on any atom is 0.267 e. The summed E-state index contributed by atoms with van der Waals surface area (Å²) in [5, 5.41) is 10.6. The third-order valence-electron chi connectivity index (χ3n) is 3.05. The number of nitrogens with one attached hydrogen (secondary N) is 2. The number of nitrogens with zero attached hydrogens (tertiary/aromatic N) is 2. The molecule has 0 aliphatic rings. The van der Waals surface area contributed by atoms with E-state index < -0.39 is 0 Å². The molecule has 0 unspecified atom stereocenters. The Bertz CT molecular complexity index is 839. The van der Waals surface area contributed by atoms with Crippen molar-refractivity contribution in [3.05, 3.63) is 51.6 Å². The van der Waals surface area contributed by atoms with Gasteiger partial charge in [-0.2, -0.15) is 0 Å². The molecule has 3 rings (SSSR count). The zero-order valence-corrected chi connectivity index (χ0v) is 14.0. The number of hydrogen-bond acceptors (Lipinski definition) is 6. The number of para-hydroxylation sites is 1. The van der Waals surface area contributed by atoms with E-state index in [4.69, 9.17) is 16.1 Å². The molecule has 6 nitrogen and oxygen atoms in total. The van der Waals surface area contributed by atoms with Crippen molar-refractivity contribution in [2.75, 3.05) is 10.6 Å². The highest BCUT2D eigenvalue weighted by Crippen LogP contribution is 2.28. The monoisotopic (exact) mass is 348 g/mol. The summed E-state index contributed by atoms with van der Waals surface area (Å²) >= 11 is 7.33. The van der Waals surface area contributed by atoms with Crippen LogP contribution in [0.25, 0.3) is 0 Å². The molecule has 0 saturated carbocycles. The number of aryl methyl sites for hydroxylation is 2. The van der Waals surface area contributed by atoms with E-state index in [1.165, 1.54) is 17.5 Å². The zero-order valence-electron chi connectivity index (χ0n) is 12.4. The van der Waals surface area contributed by atoms with Gasteiger partial charge in [-0.15, -0.1) is 0 Å². The van der Waals surface area contributed by atoms with Gasteiger partial charge in [-0.05, 0) is 25.5 Å². The third kappa shape index (κ3) is 3.52. The summed E-state index contributed by atoms with van der Waals surface area (Å²) in [5.41, 5.74) is 2.26. The number of thiazole rings is 1. The molecule has 23 heavy (non-hydrogen) atoms. The van der Waals surface area contributed by atoms with Crippen LogP contribution in [-0.4, -0.2) is 16.0 Å². The second-order valence-electron chi connectivity index (χ2n) is 4.87. The predicted molar refractivity (Wildman–Crippen MR) is 90.8 cm³/mol. The van der Waals surface area contributed by atoms with E-state index >= 15 is 0 Å². The lowest BCUT2D eigenvalue weighted by atomic mass is 10.2. The Balaban J connectivity index is 1.73. The topological polar surface area (TPSA) is 80.0 Å². The minimum absolute atomic E-state index is 0.263. The number of halogens is 1. The van der Waals surface area contributed by atoms with E-state index in [0.29, 0.717) is 26.6 Å². The van der Waals surface area contributed by atoms with Crippen LogP contribution in [0.1, 0.15) is 20.9 Å². The number of carbonyl (C=O) groups excluding carboxylic acids is 1. The fraction of sp³-hybridized carbons (Fsp3) is 0.133. The Kier molecular flexibility index (Phi) is 4.31. The molecule has 0 spiro atoms. The van der Waals surface area contributed by atoms with Gasteiger partial charge in [-0.1, -0.05) is 40.2 Å². The van der Waals surface area contributed by atoms with Crippen LogP contribution in [0, 0.1) is 13.8 Å². The van der Waals surface area contributed by atoms with E-state index in [1.54, 1.807) is 12.1 Å². The van der Waals surface area contributed by atoms with Gasteiger partial charge >= 0.3 is 0 Å². The van der Waals surface area contributed by atoms with Gasteiger partial charge in [0.1, 0.15) is 4.88 Å². The first-order valence-electron chi connectivity index (χ1n) is 6.75. The number of rotatable bonds is 4. The SMILES string of the molecule is Cc1cc(Nc2ncc(C(=O)Nc3c(C)cccc3Cl)s2)on1. The van der Waals surface area contributed by atoms with Gasteiger partial charge in [0.05, 0.1) is 22.6 Å². The van der Waals surface area contributed by atoms with Crippen LogP contribution in [0.2, 0.25) is 5.02 Å². The van der Waals surface area contributed by atoms with E-state index in [0.717, 1.165) is 11.3 Å². The standard InChI is InChI=1S/C15H13ClN4O2S/c1-8-4-3-5-10(16)13(8)19-14(21)11-7-17-15(23-11)18-12-6-9(2)20-22-12/h3-7H,1-2H3,(H,17,18)(H,19,21). The number of carbonyl (C=O) groups is 1. The quantitative estimate of drug-likeness (QED) is 0.730. The van der Waals surface area contributed by atoms with Crippen molar-refractivity contribution in [3.63, 3.8) is 0 Å². The first-order valence-corrected chi connectivity index (χ1v) is 7.95. The summed E-state index contributed by atoms with van der Waals surface area (Å²) in [7, 11) is 0. The highest BCUT2D eigenvalue weighted by atomic mass is 35.5. The summed E-state index contributed by atoms with van der Waals surface area (Å²) in [6.07, 6.45) is 1.50. The summed E-state index contributed by atoms with van der Waals surface area (Å²) in [5.74, 6) is 0.214.